The largest absolute Gasteiger partial charge is 0.350 e. The summed E-state index contributed by atoms with van der Waals surface area (Å²) in [6, 6.07) is 0. The van der Waals surface area contributed by atoms with Crippen LogP contribution < -0.4 is 5.32 Å². The van der Waals surface area contributed by atoms with Crippen molar-refractivity contribution in [3.8, 4) is 0 Å². The number of rotatable bonds is 5. The highest BCUT2D eigenvalue weighted by molar-refractivity contribution is 5.89. The molecule has 0 spiro atoms. The molecule has 1 aromatic rings. The Balaban J connectivity index is 1.35. The van der Waals surface area contributed by atoms with Crippen molar-refractivity contribution in [3.05, 3.63) is 19.0 Å². The van der Waals surface area contributed by atoms with E-state index in [9.17, 15) is 9.59 Å². The quantitative estimate of drug-likeness (QED) is 0.777. The molecule has 27 heavy (non-hydrogen) atoms. The number of nitrogens with one attached hydrogen (secondary N) is 1. The summed E-state index contributed by atoms with van der Waals surface area (Å²) >= 11 is 0. The van der Waals surface area contributed by atoms with Crippen molar-refractivity contribution in [2.75, 3.05) is 13.1 Å². The van der Waals surface area contributed by atoms with E-state index in [1.165, 1.54) is 12.7 Å². The van der Waals surface area contributed by atoms with Crippen molar-refractivity contribution in [3.63, 3.8) is 0 Å². The van der Waals surface area contributed by atoms with Crippen molar-refractivity contribution in [2.24, 2.45) is 17.8 Å². The van der Waals surface area contributed by atoms with Crippen molar-refractivity contribution in [2.45, 2.75) is 56.0 Å². The van der Waals surface area contributed by atoms with Gasteiger partial charge >= 0.3 is 0 Å². The van der Waals surface area contributed by atoms with Crippen LogP contribution in [0.3, 0.4) is 0 Å². The van der Waals surface area contributed by atoms with Crippen LogP contribution in [0, 0.1) is 17.8 Å². The monoisotopic (exact) mass is 370 g/mol. The highest BCUT2D eigenvalue weighted by Crippen LogP contribution is 2.60. The number of hydrogen-bond acceptors (Lipinski definition) is 5. The lowest BCUT2D eigenvalue weighted by Crippen LogP contribution is -2.66. The first-order chi connectivity index (χ1) is 13.0. The van der Waals surface area contributed by atoms with E-state index >= 15 is 0 Å². The Morgan fingerprint density at radius 1 is 1.33 bits per heavy atom. The number of aromatic nitrogens is 4. The van der Waals surface area contributed by atoms with Gasteiger partial charge in [-0.3, -0.25) is 9.59 Å². The molecule has 0 radical (unpaired) electrons. The second-order valence-corrected chi connectivity index (χ2v) is 9.17. The van der Waals surface area contributed by atoms with E-state index in [4.69, 9.17) is 0 Å². The lowest BCUT2D eigenvalue weighted by Gasteiger charge is -2.61. The van der Waals surface area contributed by atoms with Gasteiger partial charge in [0.15, 0.2) is 6.33 Å². The maximum atomic E-state index is 13.0. The van der Waals surface area contributed by atoms with Gasteiger partial charge in [0.05, 0.1) is 11.5 Å². The summed E-state index contributed by atoms with van der Waals surface area (Å²) in [6.07, 6.45) is 9.84. The predicted molar refractivity (Wildman–Crippen MR) is 96.2 cm³/mol. The van der Waals surface area contributed by atoms with Gasteiger partial charge in [0.25, 0.3) is 0 Å². The van der Waals surface area contributed by atoms with E-state index < -0.39 is 0 Å². The topological polar surface area (TPSA) is 93.0 Å². The lowest BCUT2D eigenvalue weighted by atomic mass is 9.50. The predicted octanol–water partition coefficient (Wildman–Crippen LogP) is 0.872. The highest BCUT2D eigenvalue weighted by atomic mass is 16.2. The van der Waals surface area contributed by atoms with Crippen LogP contribution in [0.5, 0.6) is 0 Å². The van der Waals surface area contributed by atoms with E-state index in [1.807, 2.05) is 0 Å². The van der Waals surface area contributed by atoms with Gasteiger partial charge in [-0.05, 0) is 55.6 Å². The maximum Gasteiger partial charge on any atom is 0.225 e. The summed E-state index contributed by atoms with van der Waals surface area (Å²) in [4.78, 5) is 28.7. The molecule has 3 unspecified atom stereocenters. The molecule has 5 fully saturated rings. The Kier molecular flexibility index (Phi) is 3.67. The average molecular weight is 370 g/mol. The molecule has 2 amide bonds. The van der Waals surface area contributed by atoms with Crippen LogP contribution in [0.4, 0.5) is 0 Å². The molecular formula is C19H26N6O2. The molecule has 8 heteroatoms. The fourth-order valence-corrected chi connectivity index (χ4v) is 6.62. The summed E-state index contributed by atoms with van der Waals surface area (Å²) in [5, 5.41) is 15.9. The summed E-state index contributed by atoms with van der Waals surface area (Å²) in [5.74, 6) is 1.01. The van der Waals surface area contributed by atoms with Crippen LogP contribution in [0.15, 0.2) is 19.0 Å². The molecule has 2 heterocycles. The molecule has 4 bridgehead atoms. The first-order valence-electron chi connectivity index (χ1n) is 9.95. The van der Waals surface area contributed by atoms with Gasteiger partial charge in [-0.25, -0.2) is 0 Å². The molecule has 1 saturated heterocycles. The standard InChI is InChI=1S/C19H26N6O2/c1-2-3-24-10-15(5-16(24)26)17(27)22-18-6-13-4-14(7-18)9-19(8-13,11-18)25-21-12-20-23-25/h2,12-15H,1,3-11H2,(H,22,27). The molecule has 6 rings (SSSR count). The van der Waals surface area contributed by atoms with E-state index in [2.05, 4.69) is 27.3 Å². The van der Waals surface area contributed by atoms with Gasteiger partial charge in [-0.15, -0.1) is 16.8 Å². The lowest BCUT2D eigenvalue weighted by molar-refractivity contribution is -0.135. The van der Waals surface area contributed by atoms with Gasteiger partial charge in [0, 0.05) is 25.0 Å². The molecule has 1 aliphatic heterocycles. The molecule has 8 nitrogen and oxygen atoms in total. The molecule has 3 atom stereocenters. The van der Waals surface area contributed by atoms with Crippen LogP contribution in [-0.4, -0.2) is 55.5 Å². The molecule has 1 N–H and O–H groups in total. The molecule has 5 aliphatic rings. The third-order valence-electron chi connectivity index (χ3n) is 7.13. The van der Waals surface area contributed by atoms with Gasteiger partial charge in [-0.1, -0.05) is 6.08 Å². The van der Waals surface area contributed by atoms with Gasteiger partial charge in [-0.2, -0.15) is 4.80 Å². The van der Waals surface area contributed by atoms with Gasteiger partial charge in [0.2, 0.25) is 11.8 Å². The number of likely N-dealkylation sites (tertiary alicyclic amines) is 1. The number of tetrazole rings is 1. The molecule has 4 saturated carbocycles. The maximum absolute atomic E-state index is 13.0. The fraction of sp³-hybridized carbons (Fsp3) is 0.737. The Morgan fingerprint density at radius 2 is 2.11 bits per heavy atom. The number of carbonyl (C=O) groups is 2. The summed E-state index contributed by atoms with van der Waals surface area (Å²) < 4.78 is 0. The molecule has 1 aromatic heterocycles. The first kappa shape index (κ1) is 16.9. The van der Waals surface area contributed by atoms with E-state index in [-0.39, 0.29) is 28.8 Å². The Labute approximate surface area is 158 Å². The molecule has 4 aliphatic carbocycles. The molecular weight excluding hydrogens is 344 g/mol. The van der Waals surface area contributed by atoms with Crippen molar-refractivity contribution >= 4 is 11.8 Å². The van der Waals surface area contributed by atoms with E-state index in [0.717, 1.165) is 32.1 Å². The smallest absolute Gasteiger partial charge is 0.225 e. The third-order valence-corrected chi connectivity index (χ3v) is 7.13. The van der Waals surface area contributed by atoms with E-state index in [0.29, 0.717) is 31.3 Å². The fourth-order valence-electron chi connectivity index (χ4n) is 6.62. The Morgan fingerprint density at radius 3 is 2.78 bits per heavy atom. The number of hydrogen-bond donors (Lipinski definition) is 1. The second kappa shape index (κ2) is 5.87. The summed E-state index contributed by atoms with van der Waals surface area (Å²) in [5.41, 5.74) is -0.308. The molecule has 0 aromatic carbocycles. The zero-order valence-corrected chi connectivity index (χ0v) is 15.5. The average Bonchev–Trinajstić information content (AvgIpc) is 3.25. The molecule has 144 valence electrons. The second-order valence-electron chi connectivity index (χ2n) is 9.17. The summed E-state index contributed by atoms with van der Waals surface area (Å²) in [6.45, 7) is 4.70. The highest BCUT2D eigenvalue weighted by Gasteiger charge is 2.60. The van der Waals surface area contributed by atoms with Crippen molar-refractivity contribution in [1.82, 2.24) is 30.4 Å². The Hall–Kier alpha value is -2.25. The number of amides is 2. The zero-order valence-electron chi connectivity index (χ0n) is 15.5. The minimum absolute atomic E-state index is 0.0264. The van der Waals surface area contributed by atoms with Crippen LogP contribution in [0.1, 0.15) is 44.9 Å². The van der Waals surface area contributed by atoms with Crippen molar-refractivity contribution in [1.29, 1.82) is 0 Å². The minimum atomic E-state index is -0.258. The normalized spacial score (nSPS) is 39.8. The third kappa shape index (κ3) is 2.68. The van der Waals surface area contributed by atoms with Crippen LogP contribution >= 0.6 is 0 Å². The number of carbonyl (C=O) groups excluding carboxylic acids is 2. The van der Waals surface area contributed by atoms with E-state index in [1.54, 1.807) is 15.8 Å². The van der Waals surface area contributed by atoms with Crippen LogP contribution in [-0.2, 0) is 15.1 Å². The van der Waals surface area contributed by atoms with Crippen LogP contribution in [0.25, 0.3) is 0 Å². The van der Waals surface area contributed by atoms with Gasteiger partial charge < -0.3 is 10.2 Å². The summed E-state index contributed by atoms with van der Waals surface area (Å²) in [7, 11) is 0. The SMILES string of the molecule is C=CCN1CC(C(=O)NC23CC4CC(C2)CC(n2ncnn2)(C4)C3)CC1=O. The first-order valence-corrected chi connectivity index (χ1v) is 9.95. The zero-order chi connectivity index (χ0) is 18.6. The van der Waals surface area contributed by atoms with Crippen LogP contribution in [0.2, 0.25) is 0 Å². The minimum Gasteiger partial charge on any atom is -0.350 e. The Bertz CT molecular complexity index is 761. The number of nitrogens with zero attached hydrogens (tertiary/aromatic N) is 5. The van der Waals surface area contributed by atoms with Gasteiger partial charge in [0.1, 0.15) is 0 Å². The van der Waals surface area contributed by atoms with Crippen molar-refractivity contribution < 1.29 is 9.59 Å².